The molecule has 3 aromatic rings. The van der Waals surface area contributed by atoms with E-state index in [4.69, 9.17) is 9.47 Å². The van der Waals surface area contributed by atoms with Crippen LogP contribution in [0.2, 0.25) is 0 Å². The van der Waals surface area contributed by atoms with Crippen molar-refractivity contribution in [1.29, 1.82) is 0 Å². The van der Waals surface area contributed by atoms with Crippen LogP contribution >= 0.6 is 0 Å². The Hall–Kier alpha value is -3.00. The Balaban J connectivity index is 1.14. The van der Waals surface area contributed by atoms with Gasteiger partial charge >= 0.3 is 0 Å². The minimum Gasteiger partial charge on any atom is -0.491 e. The summed E-state index contributed by atoms with van der Waals surface area (Å²) in [5.41, 5.74) is 1.51. The average molecular weight is 619 g/mol. The van der Waals surface area contributed by atoms with Crippen molar-refractivity contribution in [2.24, 2.45) is 0 Å². The monoisotopic (exact) mass is 618 g/mol. The SMILES string of the molecule is CCCc1ccc(C2CCC(OCc3ccc(C4CCC(c5ccc(OCC)c(F)c5F)CC4)c(F)c3F)CC2)c(F)c1F. The van der Waals surface area contributed by atoms with Crippen molar-refractivity contribution in [2.45, 2.75) is 109 Å². The molecule has 0 atom stereocenters. The summed E-state index contributed by atoms with van der Waals surface area (Å²) >= 11 is 0. The Morgan fingerprint density at radius 2 is 1.00 bits per heavy atom. The standard InChI is InChI=1S/C36H40F6O2/c1-3-5-24-12-16-27(33(39)31(24)37)23-10-14-26(15-11-23)44-20-25-13-17-28(34(40)32(25)38)21-6-8-22(9-7-21)29-18-19-30(43-4-2)36(42)35(29)41/h12-13,16-19,21-23,26H,3-11,14-15,20H2,1-2H3. The van der Waals surface area contributed by atoms with Gasteiger partial charge in [-0.05, 0) is 111 Å². The topological polar surface area (TPSA) is 18.5 Å². The summed E-state index contributed by atoms with van der Waals surface area (Å²) < 4.78 is 99.7. The van der Waals surface area contributed by atoms with Crippen molar-refractivity contribution in [1.82, 2.24) is 0 Å². The summed E-state index contributed by atoms with van der Waals surface area (Å²) in [4.78, 5) is 0. The quantitative estimate of drug-likeness (QED) is 0.211. The van der Waals surface area contributed by atoms with E-state index in [0.717, 1.165) is 6.42 Å². The fraction of sp³-hybridized carbons (Fsp3) is 0.500. The fourth-order valence-corrected chi connectivity index (χ4v) is 7.01. The van der Waals surface area contributed by atoms with Crippen molar-refractivity contribution in [2.75, 3.05) is 6.61 Å². The number of halogens is 6. The van der Waals surface area contributed by atoms with Gasteiger partial charge in [-0.25, -0.2) is 22.0 Å². The van der Waals surface area contributed by atoms with Crippen LogP contribution in [-0.4, -0.2) is 12.7 Å². The van der Waals surface area contributed by atoms with E-state index in [1.165, 1.54) is 6.07 Å². The van der Waals surface area contributed by atoms with E-state index >= 15 is 8.78 Å². The van der Waals surface area contributed by atoms with Crippen LogP contribution < -0.4 is 4.74 Å². The minimum atomic E-state index is -0.994. The van der Waals surface area contributed by atoms with Gasteiger partial charge in [0.1, 0.15) is 0 Å². The molecule has 0 aliphatic heterocycles. The molecule has 8 heteroatoms. The van der Waals surface area contributed by atoms with Gasteiger partial charge in [-0.15, -0.1) is 0 Å². The summed E-state index contributed by atoms with van der Waals surface area (Å²) in [6.45, 7) is 3.77. The van der Waals surface area contributed by atoms with E-state index in [2.05, 4.69) is 0 Å². The molecule has 3 aromatic carbocycles. The summed E-state index contributed by atoms with van der Waals surface area (Å²) in [6.07, 6.45) is 5.66. The third kappa shape index (κ3) is 6.80. The van der Waals surface area contributed by atoms with Gasteiger partial charge in [-0.3, -0.25) is 0 Å². The molecule has 0 N–H and O–H groups in total. The molecule has 0 amide bonds. The number of hydrogen-bond donors (Lipinski definition) is 0. The van der Waals surface area contributed by atoms with Crippen LogP contribution in [0.3, 0.4) is 0 Å². The van der Waals surface area contributed by atoms with Crippen LogP contribution in [0, 0.1) is 34.9 Å². The predicted octanol–water partition coefficient (Wildman–Crippen LogP) is 10.6. The molecular formula is C36H40F6O2. The molecule has 5 rings (SSSR count). The Morgan fingerprint density at radius 3 is 1.52 bits per heavy atom. The van der Waals surface area contributed by atoms with Crippen LogP contribution in [-0.2, 0) is 17.8 Å². The van der Waals surface area contributed by atoms with E-state index in [0.29, 0.717) is 80.0 Å². The first-order valence-corrected chi connectivity index (χ1v) is 15.9. The van der Waals surface area contributed by atoms with E-state index in [9.17, 15) is 17.6 Å². The summed E-state index contributed by atoms with van der Waals surface area (Å²) in [5, 5.41) is 0. The van der Waals surface area contributed by atoms with E-state index in [1.54, 1.807) is 37.3 Å². The Kier molecular flexibility index (Phi) is 10.6. The summed E-state index contributed by atoms with van der Waals surface area (Å²) in [6, 6.07) is 9.53. The van der Waals surface area contributed by atoms with Crippen molar-refractivity contribution in [3.8, 4) is 5.75 Å². The molecule has 0 saturated heterocycles. The second-order valence-corrected chi connectivity index (χ2v) is 12.2. The lowest BCUT2D eigenvalue weighted by atomic mass is 9.75. The normalized spacial score (nSPS) is 22.3. The Morgan fingerprint density at radius 1 is 0.545 bits per heavy atom. The lowest BCUT2D eigenvalue weighted by molar-refractivity contribution is 0.0116. The maximum atomic E-state index is 15.2. The molecular weight excluding hydrogens is 578 g/mol. The molecule has 0 heterocycles. The number of aryl methyl sites for hydroxylation is 1. The molecule has 2 saturated carbocycles. The van der Waals surface area contributed by atoms with E-state index in [-0.39, 0.29) is 48.4 Å². The molecule has 0 radical (unpaired) electrons. The predicted molar refractivity (Wildman–Crippen MR) is 158 cm³/mol. The van der Waals surface area contributed by atoms with Crippen LogP contribution in [0.4, 0.5) is 26.3 Å². The highest BCUT2D eigenvalue weighted by Crippen LogP contribution is 2.43. The molecule has 0 aromatic heterocycles. The van der Waals surface area contributed by atoms with Gasteiger partial charge in [0.05, 0.1) is 19.3 Å². The van der Waals surface area contributed by atoms with Crippen LogP contribution in [0.15, 0.2) is 36.4 Å². The van der Waals surface area contributed by atoms with Crippen LogP contribution in [0.25, 0.3) is 0 Å². The maximum absolute atomic E-state index is 15.2. The van der Waals surface area contributed by atoms with Crippen molar-refractivity contribution >= 4 is 0 Å². The number of ether oxygens (including phenoxy) is 2. The number of rotatable bonds is 10. The van der Waals surface area contributed by atoms with Crippen LogP contribution in [0.5, 0.6) is 5.75 Å². The van der Waals surface area contributed by atoms with Crippen molar-refractivity contribution in [3.05, 3.63) is 99.1 Å². The van der Waals surface area contributed by atoms with Crippen LogP contribution in [0.1, 0.15) is 117 Å². The first-order valence-electron chi connectivity index (χ1n) is 15.9. The zero-order valence-corrected chi connectivity index (χ0v) is 25.3. The molecule has 0 unspecified atom stereocenters. The van der Waals surface area contributed by atoms with Crippen molar-refractivity contribution in [3.63, 3.8) is 0 Å². The summed E-state index contributed by atoms with van der Waals surface area (Å²) in [5.74, 6) is -5.87. The maximum Gasteiger partial charge on any atom is 0.200 e. The minimum absolute atomic E-state index is 0.0810. The highest BCUT2D eigenvalue weighted by Gasteiger charge is 2.31. The second-order valence-electron chi connectivity index (χ2n) is 12.2. The fourth-order valence-electron chi connectivity index (χ4n) is 7.01. The third-order valence-electron chi connectivity index (χ3n) is 9.48. The van der Waals surface area contributed by atoms with Gasteiger partial charge in [-0.2, -0.15) is 4.39 Å². The zero-order chi connectivity index (χ0) is 31.4. The Bertz CT molecular complexity index is 1440. The van der Waals surface area contributed by atoms with Crippen molar-refractivity contribution < 1.29 is 35.8 Å². The van der Waals surface area contributed by atoms with Gasteiger partial charge in [0.25, 0.3) is 0 Å². The molecule has 2 aliphatic rings. The van der Waals surface area contributed by atoms with Gasteiger partial charge in [-0.1, -0.05) is 43.7 Å². The first kappa shape index (κ1) is 32.4. The molecule has 2 fully saturated rings. The molecule has 2 aliphatic carbocycles. The smallest absolute Gasteiger partial charge is 0.200 e. The highest BCUT2D eigenvalue weighted by molar-refractivity contribution is 5.35. The third-order valence-corrected chi connectivity index (χ3v) is 9.48. The van der Waals surface area contributed by atoms with E-state index in [1.807, 2.05) is 6.92 Å². The lowest BCUT2D eigenvalue weighted by Crippen LogP contribution is -2.22. The number of hydrogen-bond acceptors (Lipinski definition) is 2. The second kappa shape index (κ2) is 14.4. The lowest BCUT2D eigenvalue weighted by Gasteiger charge is -2.30. The zero-order valence-electron chi connectivity index (χ0n) is 25.3. The number of benzene rings is 3. The largest absolute Gasteiger partial charge is 0.491 e. The molecule has 44 heavy (non-hydrogen) atoms. The van der Waals surface area contributed by atoms with Gasteiger partial charge in [0.2, 0.25) is 5.82 Å². The van der Waals surface area contributed by atoms with Gasteiger partial charge in [0.15, 0.2) is 34.8 Å². The average Bonchev–Trinajstić information content (AvgIpc) is 3.03. The van der Waals surface area contributed by atoms with Gasteiger partial charge < -0.3 is 9.47 Å². The summed E-state index contributed by atoms with van der Waals surface area (Å²) in [7, 11) is 0. The highest BCUT2D eigenvalue weighted by atomic mass is 19.2. The molecule has 2 nitrogen and oxygen atoms in total. The Labute approximate surface area is 255 Å². The van der Waals surface area contributed by atoms with E-state index < -0.39 is 34.9 Å². The molecule has 0 spiro atoms. The molecule has 0 bridgehead atoms. The first-order chi connectivity index (χ1) is 21.2. The van der Waals surface area contributed by atoms with Gasteiger partial charge in [0, 0.05) is 5.56 Å². The molecule has 238 valence electrons.